The molecule has 0 aliphatic carbocycles. The summed E-state index contributed by atoms with van der Waals surface area (Å²) in [6, 6.07) is 7.47. The second-order valence-electron chi connectivity index (χ2n) is 6.12. The van der Waals surface area contributed by atoms with Crippen LogP contribution in [0.15, 0.2) is 30.6 Å². The quantitative estimate of drug-likeness (QED) is 0.759. The Morgan fingerprint density at radius 3 is 2.59 bits per heavy atom. The number of aromatic nitrogens is 2. The SMILES string of the molecule is CC(C)(C)OC(=O)N1Cc2c(C=O)ncn2-c2ccccc21. The number of anilines is 1. The third-order valence-corrected chi connectivity index (χ3v) is 3.36. The van der Waals surface area contributed by atoms with Crippen molar-refractivity contribution in [3.63, 3.8) is 0 Å². The Morgan fingerprint density at radius 2 is 1.95 bits per heavy atom. The lowest BCUT2D eigenvalue weighted by Crippen LogP contribution is -2.39. The fourth-order valence-electron chi connectivity index (χ4n) is 2.46. The van der Waals surface area contributed by atoms with Gasteiger partial charge in [-0.2, -0.15) is 0 Å². The molecule has 0 unspecified atom stereocenters. The van der Waals surface area contributed by atoms with Gasteiger partial charge in [0.15, 0.2) is 6.29 Å². The normalized spacial score (nSPS) is 13.3. The molecule has 1 amide bonds. The first kappa shape index (κ1) is 14.3. The maximum atomic E-state index is 12.5. The molecule has 1 aliphatic rings. The molecule has 1 aromatic carbocycles. The van der Waals surface area contributed by atoms with Gasteiger partial charge >= 0.3 is 6.09 Å². The third kappa shape index (κ3) is 2.36. The molecule has 6 heteroatoms. The molecule has 114 valence electrons. The van der Waals surface area contributed by atoms with Gasteiger partial charge in [-0.25, -0.2) is 9.78 Å². The number of fused-ring (bicyclic) bond motifs is 3. The van der Waals surface area contributed by atoms with Crippen LogP contribution in [-0.2, 0) is 11.3 Å². The van der Waals surface area contributed by atoms with E-state index in [1.165, 1.54) is 4.90 Å². The van der Waals surface area contributed by atoms with Crippen molar-refractivity contribution < 1.29 is 14.3 Å². The highest BCUT2D eigenvalue weighted by atomic mass is 16.6. The first-order chi connectivity index (χ1) is 10.4. The number of para-hydroxylation sites is 2. The minimum atomic E-state index is -0.586. The predicted octanol–water partition coefficient (Wildman–Crippen LogP) is 2.94. The highest BCUT2D eigenvalue weighted by molar-refractivity contribution is 5.92. The second-order valence-corrected chi connectivity index (χ2v) is 6.12. The van der Waals surface area contributed by atoms with E-state index >= 15 is 0 Å². The van der Waals surface area contributed by atoms with Gasteiger partial charge in [0.25, 0.3) is 0 Å². The summed E-state index contributed by atoms with van der Waals surface area (Å²) in [5.41, 5.74) is 1.97. The van der Waals surface area contributed by atoms with Crippen molar-refractivity contribution >= 4 is 18.1 Å². The molecule has 2 heterocycles. The number of rotatable bonds is 1. The molecule has 22 heavy (non-hydrogen) atoms. The van der Waals surface area contributed by atoms with Gasteiger partial charge in [-0.05, 0) is 32.9 Å². The number of imidazole rings is 1. The number of ether oxygens (including phenoxy) is 1. The van der Waals surface area contributed by atoms with Crippen molar-refractivity contribution in [3.8, 4) is 5.69 Å². The highest BCUT2D eigenvalue weighted by Gasteiger charge is 2.31. The van der Waals surface area contributed by atoms with Gasteiger partial charge in [-0.1, -0.05) is 12.1 Å². The minimum absolute atomic E-state index is 0.250. The van der Waals surface area contributed by atoms with Crippen LogP contribution in [0.25, 0.3) is 5.69 Å². The molecule has 0 saturated heterocycles. The van der Waals surface area contributed by atoms with Crippen molar-refractivity contribution in [3.05, 3.63) is 42.0 Å². The van der Waals surface area contributed by atoms with Crippen LogP contribution in [0.3, 0.4) is 0 Å². The monoisotopic (exact) mass is 299 g/mol. The number of hydrogen-bond donors (Lipinski definition) is 0. The van der Waals surface area contributed by atoms with E-state index in [2.05, 4.69) is 4.98 Å². The predicted molar refractivity (Wildman–Crippen MR) is 81.4 cm³/mol. The first-order valence-electron chi connectivity index (χ1n) is 7.02. The van der Waals surface area contributed by atoms with Crippen LogP contribution < -0.4 is 4.90 Å². The average molecular weight is 299 g/mol. The summed E-state index contributed by atoms with van der Waals surface area (Å²) >= 11 is 0. The Balaban J connectivity index is 2.07. The molecule has 0 spiro atoms. The molecule has 0 N–H and O–H groups in total. The minimum Gasteiger partial charge on any atom is -0.443 e. The Labute approximate surface area is 128 Å². The smallest absolute Gasteiger partial charge is 0.415 e. The number of carbonyl (C=O) groups is 2. The summed E-state index contributed by atoms with van der Waals surface area (Å²) in [5, 5.41) is 0. The van der Waals surface area contributed by atoms with Gasteiger partial charge in [0.2, 0.25) is 0 Å². The van der Waals surface area contributed by atoms with E-state index in [0.29, 0.717) is 17.7 Å². The largest absolute Gasteiger partial charge is 0.443 e. The lowest BCUT2D eigenvalue weighted by molar-refractivity contribution is 0.0575. The lowest BCUT2D eigenvalue weighted by Gasteiger charge is -2.32. The second kappa shape index (κ2) is 4.98. The summed E-state index contributed by atoms with van der Waals surface area (Å²) < 4.78 is 7.30. The summed E-state index contributed by atoms with van der Waals surface area (Å²) in [6.45, 7) is 5.71. The molecular weight excluding hydrogens is 282 g/mol. The zero-order chi connectivity index (χ0) is 15.9. The van der Waals surface area contributed by atoms with Crippen molar-refractivity contribution in [1.82, 2.24) is 9.55 Å². The third-order valence-electron chi connectivity index (χ3n) is 3.36. The fraction of sp³-hybridized carbons (Fsp3) is 0.312. The zero-order valence-corrected chi connectivity index (χ0v) is 12.7. The van der Waals surface area contributed by atoms with Gasteiger partial charge in [0, 0.05) is 0 Å². The van der Waals surface area contributed by atoms with Gasteiger partial charge < -0.3 is 4.74 Å². The summed E-state index contributed by atoms with van der Waals surface area (Å²) in [6.07, 6.45) is 1.86. The summed E-state index contributed by atoms with van der Waals surface area (Å²) in [7, 11) is 0. The molecule has 1 aliphatic heterocycles. The van der Waals surface area contributed by atoms with Crippen molar-refractivity contribution in [2.24, 2.45) is 0 Å². The average Bonchev–Trinajstić information content (AvgIpc) is 2.87. The van der Waals surface area contributed by atoms with Crippen LogP contribution in [-0.4, -0.2) is 27.5 Å². The van der Waals surface area contributed by atoms with E-state index in [0.717, 1.165) is 11.4 Å². The molecule has 0 saturated carbocycles. The van der Waals surface area contributed by atoms with E-state index in [-0.39, 0.29) is 6.54 Å². The Morgan fingerprint density at radius 1 is 1.27 bits per heavy atom. The first-order valence-corrected chi connectivity index (χ1v) is 7.02. The van der Waals surface area contributed by atoms with Crippen molar-refractivity contribution in [1.29, 1.82) is 0 Å². The van der Waals surface area contributed by atoms with Crippen molar-refractivity contribution in [2.45, 2.75) is 32.9 Å². The van der Waals surface area contributed by atoms with E-state index in [1.54, 1.807) is 6.33 Å². The Hall–Kier alpha value is -2.63. The van der Waals surface area contributed by atoms with Gasteiger partial charge in [0.05, 0.1) is 23.6 Å². The van der Waals surface area contributed by atoms with E-state index < -0.39 is 11.7 Å². The molecule has 0 bridgehead atoms. The topological polar surface area (TPSA) is 64.4 Å². The molecular formula is C16H17N3O3. The molecule has 3 rings (SSSR count). The molecule has 0 fully saturated rings. The molecule has 1 aromatic heterocycles. The Bertz CT molecular complexity index is 743. The van der Waals surface area contributed by atoms with Gasteiger partial charge in [0.1, 0.15) is 17.6 Å². The summed E-state index contributed by atoms with van der Waals surface area (Å²) in [5.74, 6) is 0. The number of amides is 1. The molecule has 0 atom stereocenters. The van der Waals surface area contributed by atoms with Crippen LogP contribution >= 0.6 is 0 Å². The number of benzene rings is 1. The number of hydrogen-bond acceptors (Lipinski definition) is 4. The highest BCUT2D eigenvalue weighted by Crippen LogP contribution is 2.33. The molecule has 2 aromatic rings. The maximum absolute atomic E-state index is 12.5. The van der Waals surface area contributed by atoms with Crippen LogP contribution in [0, 0.1) is 0 Å². The van der Waals surface area contributed by atoms with Gasteiger partial charge in [-0.15, -0.1) is 0 Å². The van der Waals surface area contributed by atoms with Crippen LogP contribution in [0.4, 0.5) is 10.5 Å². The van der Waals surface area contributed by atoms with Crippen LogP contribution in [0.5, 0.6) is 0 Å². The summed E-state index contributed by atoms with van der Waals surface area (Å²) in [4.78, 5) is 29.3. The zero-order valence-electron chi connectivity index (χ0n) is 12.7. The number of aldehydes is 1. The molecule has 6 nitrogen and oxygen atoms in total. The maximum Gasteiger partial charge on any atom is 0.415 e. The van der Waals surface area contributed by atoms with Crippen molar-refractivity contribution in [2.75, 3.05) is 4.90 Å². The van der Waals surface area contributed by atoms with E-state index in [9.17, 15) is 9.59 Å². The Kier molecular flexibility index (Phi) is 3.24. The van der Waals surface area contributed by atoms with E-state index in [1.807, 2.05) is 49.6 Å². The lowest BCUT2D eigenvalue weighted by atomic mass is 10.1. The van der Waals surface area contributed by atoms with Crippen LogP contribution in [0.2, 0.25) is 0 Å². The number of carbonyl (C=O) groups excluding carboxylic acids is 2. The standard InChI is InChI=1S/C16H17N3O3/c1-16(2,3)22-15(21)18-8-14-11(9-20)17-10-19(14)13-7-5-4-6-12(13)18/h4-7,9-10H,8H2,1-3H3. The fourth-order valence-corrected chi connectivity index (χ4v) is 2.46. The van der Waals surface area contributed by atoms with Crippen LogP contribution in [0.1, 0.15) is 37.0 Å². The van der Waals surface area contributed by atoms with E-state index in [4.69, 9.17) is 4.74 Å². The van der Waals surface area contributed by atoms with Gasteiger partial charge in [-0.3, -0.25) is 14.3 Å². The molecule has 0 radical (unpaired) electrons. The number of nitrogens with zero attached hydrogens (tertiary/aromatic N) is 3.